The van der Waals surface area contributed by atoms with Gasteiger partial charge in [-0.05, 0) is 31.4 Å². The highest BCUT2D eigenvalue weighted by Crippen LogP contribution is 2.39. The molecule has 2 atom stereocenters. The normalized spacial score (nSPS) is 31.9. The summed E-state index contributed by atoms with van der Waals surface area (Å²) in [6, 6.07) is 5.80. The van der Waals surface area contributed by atoms with E-state index < -0.39 is 5.60 Å². The Morgan fingerprint density at radius 2 is 2.26 bits per heavy atom. The molecule has 2 fully saturated rings. The van der Waals surface area contributed by atoms with E-state index in [1.54, 1.807) is 0 Å². The van der Waals surface area contributed by atoms with Gasteiger partial charge in [0.2, 0.25) is 0 Å². The van der Waals surface area contributed by atoms with Crippen LogP contribution >= 0.6 is 0 Å². The highest BCUT2D eigenvalue weighted by molar-refractivity contribution is 5.28. The van der Waals surface area contributed by atoms with E-state index in [9.17, 15) is 5.11 Å². The van der Waals surface area contributed by atoms with E-state index in [0.717, 1.165) is 44.6 Å². The number of pyridine rings is 1. The predicted octanol–water partition coefficient (Wildman–Crippen LogP) is 1.79. The minimum Gasteiger partial charge on any atom is -0.390 e. The smallest absolute Gasteiger partial charge is 0.123 e. The molecule has 19 heavy (non-hydrogen) atoms. The minimum atomic E-state index is -0.391. The Balaban J connectivity index is 1.65. The molecule has 2 unspecified atom stereocenters. The third kappa shape index (κ3) is 2.74. The van der Waals surface area contributed by atoms with E-state index in [1.165, 1.54) is 12.8 Å². The molecule has 104 valence electrons. The van der Waals surface area contributed by atoms with Crippen LogP contribution < -0.4 is 5.73 Å². The van der Waals surface area contributed by atoms with Gasteiger partial charge in [0.15, 0.2) is 0 Å². The standard InChI is InChI=1S/C15H23N3O/c16-14-6-3-5-13(17-14)11-18-9-8-15(19)7-2-1-4-12(15)10-18/h3,5-6,12,19H,1-2,4,7-11H2,(H2,16,17). The van der Waals surface area contributed by atoms with E-state index in [4.69, 9.17) is 5.73 Å². The van der Waals surface area contributed by atoms with Gasteiger partial charge in [0.1, 0.15) is 5.82 Å². The molecule has 1 saturated carbocycles. The van der Waals surface area contributed by atoms with Crippen LogP contribution in [-0.2, 0) is 6.54 Å². The Labute approximate surface area is 114 Å². The quantitative estimate of drug-likeness (QED) is 0.852. The van der Waals surface area contributed by atoms with Crippen molar-refractivity contribution in [1.29, 1.82) is 0 Å². The number of aliphatic hydroxyl groups is 1. The van der Waals surface area contributed by atoms with Crippen molar-refractivity contribution < 1.29 is 5.11 Å². The number of nitrogens with zero attached hydrogens (tertiary/aromatic N) is 2. The molecule has 3 N–H and O–H groups in total. The molecule has 0 radical (unpaired) electrons. The van der Waals surface area contributed by atoms with Crippen molar-refractivity contribution in [3.05, 3.63) is 23.9 Å². The highest BCUT2D eigenvalue weighted by Gasteiger charge is 2.42. The van der Waals surface area contributed by atoms with Gasteiger partial charge in [-0.25, -0.2) is 4.98 Å². The van der Waals surface area contributed by atoms with Crippen molar-refractivity contribution in [2.45, 2.75) is 44.2 Å². The predicted molar refractivity (Wildman–Crippen MR) is 75.5 cm³/mol. The zero-order valence-corrected chi connectivity index (χ0v) is 11.4. The summed E-state index contributed by atoms with van der Waals surface area (Å²) in [4.78, 5) is 6.77. The number of hydrogen-bond acceptors (Lipinski definition) is 4. The molecule has 1 aromatic heterocycles. The van der Waals surface area contributed by atoms with Gasteiger partial charge < -0.3 is 10.8 Å². The molecule has 0 spiro atoms. The van der Waals surface area contributed by atoms with Crippen molar-refractivity contribution in [1.82, 2.24) is 9.88 Å². The van der Waals surface area contributed by atoms with Crippen LogP contribution in [0.3, 0.4) is 0 Å². The third-order valence-corrected chi connectivity index (χ3v) is 4.73. The summed E-state index contributed by atoms with van der Waals surface area (Å²) in [6.07, 6.45) is 5.50. The fraction of sp³-hybridized carbons (Fsp3) is 0.667. The summed E-state index contributed by atoms with van der Waals surface area (Å²) in [5.74, 6) is 1.03. The minimum absolute atomic E-state index is 0.391. The van der Waals surface area contributed by atoms with Crippen molar-refractivity contribution >= 4 is 5.82 Å². The Morgan fingerprint density at radius 1 is 1.37 bits per heavy atom. The third-order valence-electron chi connectivity index (χ3n) is 4.73. The second-order valence-corrected chi connectivity index (χ2v) is 6.09. The molecule has 4 heteroatoms. The lowest BCUT2D eigenvalue weighted by molar-refractivity contribution is -0.0969. The number of anilines is 1. The SMILES string of the molecule is Nc1cccc(CN2CCC3(O)CCCCC3C2)n1. The number of hydrogen-bond donors (Lipinski definition) is 2. The molecule has 3 rings (SSSR count). The van der Waals surface area contributed by atoms with Crippen molar-refractivity contribution in [2.24, 2.45) is 5.92 Å². The number of rotatable bonds is 2. The average Bonchev–Trinajstić information content (AvgIpc) is 2.39. The largest absolute Gasteiger partial charge is 0.390 e. The number of nitrogens with two attached hydrogens (primary N) is 1. The maximum absolute atomic E-state index is 10.7. The van der Waals surface area contributed by atoms with Crippen LogP contribution in [0.25, 0.3) is 0 Å². The topological polar surface area (TPSA) is 62.4 Å². The lowest BCUT2D eigenvalue weighted by atomic mass is 9.71. The van der Waals surface area contributed by atoms with Crippen molar-refractivity contribution in [2.75, 3.05) is 18.8 Å². The summed E-state index contributed by atoms with van der Waals surface area (Å²) < 4.78 is 0. The Kier molecular flexibility index (Phi) is 3.46. The van der Waals surface area contributed by atoms with Crippen molar-refractivity contribution in [3.63, 3.8) is 0 Å². The Bertz CT molecular complexity index is 451. The maximum Gasteiger partial charge on any atom is 0.123 e. The van der Waals surface area contributed by atoms with Crippen LogP contribution in [0, 0.1) is 5.92 Å². The Morgan fingerprint density at radius 3 is 3.11 bits per heavy atom. The summed E-state index contributed by atoms with van der Waals surface area (Å²) >= 11 is 0. The molecule has 0 amide bonds. The van der Waals surface area contributed by atoms with E-state index in [0.29, 0.717) is 11.7 Å². The lowest BCUT2D eigenvalue weighted by Crippen LogP contribution is -2.53. The number of nitrogen functional groups attached to an aromatic ring is 1. The molecular formula is C15H23N3O. The monoisotopic (exact) mass is 261 g/mol. The van der Waals surface area contributed by atoms with E-state index in [1.807, 2.05) is 18.2 Å². The van der Waals surface area contributed by atoms with Gasteiger partial charge in [-0.15, -0.1) is 0 Å². The first-order chi connectivity index (χ1) is 9.16. The number of likely N-dealkylation sites (tertiary alicyclic amines) is 1. The van der Waals surface area contributed by atoms with Gasteiger partial charge in [-0.2, -0.15) is 0 Å². The molecule has 1 aromatic rings. The molecule has 1 saturated heterocycles. The van der Waals surface area contributed by atoms with Crippen LogP contribution in [0.5, 0.6) is 0 Å². The molecule has 1 aliphatic carbocycles. The zero-order valence-electron chi connectivity index (χ0n) is 11.4. The molecule has 1 aliphatic heterocycles. The average molecular weight is 261 g/mol. The van der Waals surface area contributed by atoms with Crippen LogP contribution in [0.4, 0.5) is 5.82 Å². The molecular weight excluding hydrogens is 238 g/mol. The first-order valence-corrected chi connectivity index (χ1v) is 7.32. The first kappa shape index (κ1) is 12.9. The van der Waals surface area contributed by atoms with Crippen LogP contribution in [0.15, 0.2) is 18.2 Å². The summed E-state index contributed by atoms with van der Waals surface area (Å²) in [5, 5.41) is 10.7. The van der Waals surface area contributed by atoms with E-state index in [2.05, 4.69) is 9.88 Å². The second kappa shape index (κ2) is 5.10. The summed E-state index contributed by atoms with van der Waals surface area (Å²) in [6.45, 7) is 2.80. The summed E-state index contributed by atoms with van der Waals surface area (Å²) in [5.41, 5.74) is 6.36. The molecule has 0 bridgehead atoms. The second-order valence-electron chi connectivity index (χ2n) is 6.09. The Hall–Kier alpha value is -1.13. The fourth-order valence-corrected chi connectivity index (χ4v) is 3.60. The molecule has 2 heterocycles. The maximum atomic E-state index is 10.7. The first-order valence-electron chi connectivity index (χ1n) is 7.32. The molecule has 2 aliphatic rings. The zero-order chi connectivity index (χ0) is 13.3. The van der Waals surface area contributed by atoms with Gasteiger partial charge in [-0.1, -0.05) is 18.9 Å². The van der Waals surface area contributed by atoms with Gasteiger partial charge in [0.05, 0.1) is 11.3 Å². The van der Waals surface area contributed by atoms with Crippen LogP contribution in [0.1, 0.15) is 37.8 Å². The highest BCUT2D eigenvalue weighted by atomic mass is 16.3. The van der Waals surface area contributed by atoms with E-state index in [-0.39, 0.29) is 0 Å². The van der Waals surface area contributed by atoms with Crippen LogP contribution in [0.2, 0.25) is 0 Å². The van der Waals surface area contributed by atoms with Gasteiger partial charge in [0.25, 0.3) is 0 Å². The van der Waals surface area contributed by atoms with Gasteiger partial charge >= 0.3 is 0 Å². The van der Waals surface area contributed by atoms with E-state index >= 15 is 0 Å². The van der Waals surface area contributed by atoms with Gasteiger partial charge in [-0.3, -0.25) is 4.90 Å². The molecule has 0 aromatic carbocycles. The van der Waals surface area contributed by atoms with Crippen LogP contribution in [-0.4, -0.2) is 33.7 Å². The number of aromatic nitrogens is 1. The fourth-order valence-electron chi connectivity index (χ4n) is 3.60. The number of fused-ring (bicyclic) bond motifs is 1. The van der Waals surface area contributed by atoms with Crippen molar-refractivity contribution in [3.8, 4) is 0 Å². The summed E-state index contributed by atoms with van der Waals surface area (Å²) in [7, 11) is 0. The number of piperidine rings is 1. The molecule has 4 nitrogen and oxygen atoms in total. The van der Waals surface area contributed by atoms with Gasteiger partial charge in [0, 0.05) is 25.6 Å². The lowest BCUT2D eigenvalue weighted by Gasteiger charge is -2.47.